The lowest BCUT2D eigenvalue weighted by Crippen LogP contribution is -2.47. The summed E-state index contributed by atoms with van der Waals surface area (Å²) in [5, 5.41) is 9.25. The first-order chi connectivity index (χ1) is 15.8. The molecule has 1 atom stereocenters. The van der Waals surface area contributed by atoms with Gasteiger partial charge in [0.1, 0.15) is 0 Å². The third kappa shape index (κ3) is 4.75. The molecular weight excluding hydrogens is 420 g/mol. The molecule has 0 radical (unpaired) electrons. The van der Waals surface area contributed by atoms with Gasteiger partial charge in [0, 0.05) is 36.8 Å². The smallest absolute Gasteiger partial charge is 0.247 e. The lowest BCUT2D eigenvalue weighted by atomic mass is 9.96. The highest BCUT2D eigenvalue weighted by Crippen LogP contribution is 2.31. The summed E-state index contributed by atoms with van der Waals surface area (Å²) in [5.41, 5.74) is 3.46. The summed E-state index contributed by atoms with van der Waals surface area (Å²) in [6.45, 7) is 4.44. The van der Waals surface area contributed by atoms with Crippen molar-refractivity contribution in [3.63, 3.8) is 0 Å². The van der Waals surface area contributed by atoms with Crippen LogP contribution in [0.25, 0.3) is 11.5 Å². The topological polar surface area (TPSA) is 45.4 Å². The molecule has 0 bridgehead atoms. The molecule has 1 fully saturated rings. The highest BCUT2D eigenvalue weighted by Gasteiger charge is 2.27. The largest absolute Gasteiger partial charge is 0.419 e. The van der Waals surface area contributed by atoms with Gasteiger partial charge in [0.2, 0.25) is 11.8 Å². The SMILES string of the molecule is Clc1cccc([C@@H](c2ccccc2)N2CCN(Cc3nnc(-c4ccccc4)o3)CC2)c1. The molecular formula is C26H25ClN4O. The van der Waals surface area contributed by atoms with Gasteiger partial charge >= 0.3 is 0 Å². The van der Waals surface area contributed by atoms with Gasteiger partial charge < -0.3 is 4.42 Å². The number of nitrogens with zero attached hydrogens (tertiary/aromatic N) is 4. The summed E-state index contributed by atoms with van der Waals surface area (Å²) < 4.78 is 5.91. The Bertz CT molecular complexity index is 1140. The maximum absolute atomic E-state index is 6.32. The molecule has 0 amide bonds. The second-order valence-electron chi connectivity index (χ2n) is 8.05. The zero-order valence-electron chi connectivity index (χ0n) is 17.8. The fourth-order valence-electron chi connectivity index (χ4n) is 4.31. The number of halogens is 1. The van der Waals surface area contributed by atoms with E-state index in [1.54, 1.807) is 0 Å². The monoisotopic (exact) mass is 444 g/mol. The van der Waals surface area contributed by atoms with Crippen molar-refractivity contribution < 1.29 is 4.42 Å². The van der Waals surface area contributed by atoms with Crippen LogP contribution in [0.4, 0.5) is 0 Å². The maximum atomic E-state index is 6.32. The van der Waals surface area contributed by atoms with Gasteiger partial charge in [-0.25, -0.2) is 0 Å². The minimum atomic E-state index is 0.185. The Morgan fingerprint density at radius 1 is 0.781 bits per heavy atom. The minimum Gasteiger partial charge on any atom is -0.419 e. The van der Waals surface area contributed by atoms with Crippen LogP contribution in [0.2, 0.25) is 5.02 Å². The quantitative estimate of drug-likeness (QED) is 0.404. The van der Waals surface area contributed by atoms with E-state index in [0.29, 0.717) is 18.3 Å². The van der Waals surface area contributed by atoms with Crippen LogP contribution in [0.3, 0.4) is 0 Å². The summed E-state index contributed by atoms with van der Waals surface area (Å²) in [7, 11) is 0. The van der Waals surface area contributed by atoms with Crippen molar-refractivity contribution in [2.24, 2.45) is 0 Å². The minimum absolute atomic E-state index is 0.185. The van der Waals surface area contributed by atoms with Crippen LogP contribution < -0.4 is 0 Å². The molecule has 5 rings (SSSR count). The van der Waals surface area contributed by atoms with Gasteiger partial charge in [-0.05, 0) is 35.4 Å². The van der Waals surface area contributed by atoms with Crippen LogP contribution in [0.1, 0.15) is 23.1 Å². The highest BCUT2D eigenvalue weighted by molar-refractivity contribution is 6.30. The third-order valence-electron chi connectivity index (χ3n) is 5.90. The Kier molecular flexibility index (Phi) is 6.30. The molecule has 0 spiro atoms. The maximum Gasteiger partial charge on any atom is 0.247 e. The van der Waals surface area contributed by atoms with E-state index < -0.39 is 0 Å². The molecule has 0 aliphatic carbocycles. The summed E-state index contributed by atoms with van der Waals surface area (Å²) >= 11 is 6.32. The number of aromatic nitrogens is 2. The Labute approximate surface area is 193 Å². The van der Waals surface area contributed by atoms with Gasteiger partial charge in [-0.1, -0.05) is 72.3 Å². The summed E-state index contributed by atoms with van der Waals surface area (Å²) in [6.07, 6.45) is 0. The Hall–Kier alpha value is -2.99. The van der Waals surface area contributed by atoms with Gasteiger partial charge in [0.25, 0.3) is 0 Å². The molecule has 2 heterocycles. The van der Waals surface area contributed by atoms with E-state index in [4.69, 9.17) is 16.0 Å². The van der Waals surface area contributed by atoms with Crippen molar-refractivity contribution in [3.8, 4) is 11.5 Å². The highest BCUT2D eigenvalue weighted by atomic mass is 35.5. The molecule has 4 aromatic rings. The van der Waals surface area contributed by atoms with Crippen LogP contribution >= 0.6 is 11.6 Å². The van der Waals surface area contributed by atoms with E-state index in [1.165, 1.54) is 11.1 Å². The van der Waals surface area contributed by atoms with E-state index in [0.717, 1.165) is 36.8 Å². The molecule has 5 nitrogen and oxygen atoms in total. The van der Waals surface area contributed by atoms with Crippen molar-refractivity contribution in [2.45, 2.75) is 12.6 Å². The van der Waals surface area contributed by atoms with Crippen LogP contribution in [-0.4, -0.2) is 46.2 Å². The second kappa shape index (κ2) is 9.65. The van der Waals surface area contributed by atoms with Gasteiger partial charge in [0.15, 0.2) is 0 Å². The number of benzene rings is 3. The predicted molar refractivity (Wildman–Crippen MR) is 126 cm³/mol. The molecule has 0 unspecified atom stereocenters. The summed E-state index contributed by atoms with van der Waals surface area (Å²) in [6, 6.07) is 28.9. The molecule has 162 valence electrons. The molecule has 6 heteroatoms. The average Bonchev–Trinajstić information content (AvgIpc) is 3.30. The predicted octanol–water partition coefficient (Wildman–Crippen LogP) is 5.30. The van der Waals surface area contributed by atoms with Gasteiger partial charge in [0.05, 0.1) is 12.6 Å². The first kappa shape index (κ1) is 20.9. The summed E-state index contributed by atoms with van der Waals surface area (Å²) in [5.74, 6) is 1.23. The van der Waals surface area contributed by atoms with Crippen molar-refractivity contribution in [3.05, 3.63) is 107 Å². The Morgan fingerprint density at radius 2 is 1.47 bits per heavy atom. The number of rotatable bonds is 6. The standard InChI is InChI=1S/C26H25ClN4O/c27-23-13-7-12-22(18-23)25(20-8-3-1-4-9-20)31-16-14-30(15-17-31)19-24-28-29-26(32-24)21-10-5-2-6-11-21/h1-13,18,25H,14-17,19H2/t25-/m1/s1. The summed E-state index contributed by atoms with van der Waals surface area (Å²) in [4.78, 5) is 4.90. The van der Waals surface area contributed by atoms with Gasteiger partial charge in [-0.15, -0.1) is 10.2 Å². The van der Waals surface area contributed by atoms with Crippen molar-refractivity contribution in [2.75, 3.05) is 26.2 Å². The van der Waals surface area contributed by atoms with Crippen LogP contribution in [0.15, 0.2) is 89.3 Å². The Balaban J connectivity index is 1.27. The fraction of sp³-hybridized carbons (Fsp3) is 0.231. The third-order valence-corrected chi connectivity index (χ3v) is 6.13. The van der Waals surface area contributed by atoms with E-state index in [1.807, 2.05) is 42.5 Å². The Morgan fingerprint density at radius 3 is 2.19 bits per heavy atom. The van der Waals surface area contributed by atoms with Crippen LogP contribution in [0, 0.1) is 0 Å². The van der Waals surface area contributed by atoms with Gasteiger partial charge in [-0.2, -0.15) is 0 Å². The van der Waals surface area contributed by atoms with Crippen LogP contribution in [0.5, 0.6) is 0 Å². The van der Waals surface area contributed by atoms with Gasteiger partial charge in [-0.3, -0.25) is 9.80 Å². The molecule has 32 heavy (non-hydrogen) atoms. The van der Waals surface area contributed by atoms with Crippen molar-refractivity contribution >= 4 is 11.6 Å². The first-order valence-corrected chi connectivity index (χ1v) is 11.3. The fourth-order valence-corrected chi connectivity index (χ4v) is 4.51. The first-order valence-electron chi connectivity index (χ1n) is 10.9. The average molecular weight is 445 g/mol. The van der Waals surface area contributed by atoms with E-state index in [-0.39, 0.29) is 6.04 Å². The molecule has 3 aromatic carbocycles. The van der Waals surface area contributed by atoms with Crippen LogP contribution in [-0.2, 0) is 6.54 Å². The lowest BCUT2D eigenvalue weighted by molar-refractivity contribution is 0.0986. The number of piperazine rings is 1. The zero-order valence-corrected chi connectivity index (χ0v) is 18.5. The molecule has 0 N–H and O–H groups in total. The molecule has 1 aliphatic rings. The molecule has 1 aliphatic heterocycles. The van der Waals surface area contributed by atoms with E-state index >= 15 is 0 Å². The molecule has 1 aromatic heterocycles. The lowest BCUT2D eigenvalue weighted by Gasteiger charge is -2.39. The zero-order chi connectivity index (χ0) is 21.8. The number of hydrogen-bond donors (Lipinski definition) is 0. The van der Waals surface area contributed by atoms with E-state index in [9.17, 15) is 0 Å². The second-order valence-corrected chi connectivity index (χ2v) is 8.48. The molecule has 1 saturated heterocycles. The molecule has 0 saturated carbocycles. The van der Waals surface area contributed by atoms with Crippen molar-refractivity contribution in [1.29, 1.82) is 0 Å². The van der Waals surface area contributed by atoms with E-state index in [2.05, 4.69) is 62.5 Å². The normalized spacial score (nSPS) is 16.2. The number of hydrogen-bond acceptors (Lipinski definition) is 5. The van der Waals surface area contributed by atoms with Crippen molar-refractivity contribution in [1.82, 2.24) is 20.0 Å².